The standard InChI is InChI=1S/C6H6N4.2Be.6FH/c1-5(2-8-7-1)6-3-9-10-4-6;;;;;;;;/h1-4H,(H,7,8)(H,9,10);;;6*1H/q;2*+2;;;;;;/p-4. The van der Waals surface area contributed by atoms with Crippen LogP contribution in [0.15, 0.2) is 24.8 Å². The summed E-state index contributed by atoms with van der Waals surface area (Å²) in [5, 5.41) is 11.5. The minimum Gasteiger partial charge on any atom is -1.00 e. The first-order chi connectivity index (χ1) is 4.97. The van der Waals surface area contributed by atoms with Crippen LogP contribution in [0.4, 0.5) is 0 Å². The van der Waals surface area contributed by atoms with Crippen LogP contribution in [0.3, 0.4) is 0 Å². The molecule has 0 unspecified atom stereocenters. The fourth-order valence-corrected chi connectivity index (χ4v) is 0.894. The molecule has 0 aromatic carbocycles. The van der Waals surface area contributed by atoms with Gasteiger partial charge in [-0.1, -0.05) is 0 Å². The molecule has 2 heterocycles. The number of H-pyrrole nitrogens is 4. The van der Waals surface area contributed by atoms with E-state index in [0.29, 0.717) is 0 Å². The van der Waals surface area contributed by atoms with Gasteiger partial charge < -0.3 is 28.2 Å². The molecule has 0 radical (unpaired) electrons. The van der Waals surface area contributed by atoms with Crippen molar-refractivity contribution >= 4 is 20.2 Å². The Bertz CT molecular complexity index is 273. The Kier molecular flexibility index (Phi) is 50.7. The predicted molar refractivity (Wildman–Crippen MR) is 45.2 cm³/mol. The molecule has 0 bridgehead atoms. The van der Waals surface area contributed by atoms with E-state index >= 15 is 0 Å². The van der Waals surface area contributed by atoms with Gasteiger partial charge in [0.1, 0.15) is 0 Å². The zero-order valence-electron chi connectivity index (χ0n) is 8.99. The zero-order valence-corrected chi connectivity index (χ0v) is 8.99. The van der Waals surface area contributed by atoms with Gasteiger partial charge in [0.05, 0.1) is 23.5 Å². The maximum absolute atomic E-state index is 2.87. The third-order valence-corrected chi connectivity index (χ3v) is 1.41. The van der Waals surface area contributed by atoms with Crippen molar-refractivity contribution in [3.05, 3.63) is 24.8 Å². The maximum atomic E-state index is 2.87. The van der Waals surface area contributed by atoms with Crippen molar-refractivity contribution in [3.63, 3.8) is 0 Å². The van der Waals surface area contributed by atoms with Gasteiger partial charge in [-0.3, -0.25) is 0 Å². The smallest absolute Gasteiger partial charge is 1.00 e. The molecular formula is C6H8Be2F6N4. The van der Waals surface area contributed by atoms with E-state index in [-0.39, 0.29) is 48.5 Å². The van der Waals surface area contributed by atoms with Crippen LogP contribution in [-0.2, 0) is 0 Å². The second kappa shape index (κ2) is 20.7. The average Bonchev–Trinajstić information content (AvgIpc) is 2.59. The molecule has 0 amide bonds. The van der Waals surface area contributed by atoms with Gasteiger partial charge in [0.25, 0.3) is 0 Å². The van der Waals surface area contributed by atoms with Crippen LogP contribution in [0.1, 0.15) is 0 Å². The molecule has 4 nitrogen and oxygen atoms in total. The van der Waals surface area contributed by atoms with Gasteiger partial charge in [-0.15, -0.1) is 10.2 Å². The molecule has 4 N–H and O–H groups in total. The maximum Gasteiger partial charge on any atom is 2.00 e. The summed E-state index contributed by atoms with van der Waals surface area (Å²) in [5.74, 6) is 0. The van der Waals surface area contributed by atoms with Gasteiger partial charge in [0.15, 0.2) is 0 Å². The number of rotatable bonds is 1. The minimum absolute atomic E-state index is 0. The number of aromatic nitrogens is 4. The first-order valence-corrected chi connectivity index (χ1v) is 3.06. The van der Waals surface area contributed by atoms with Crippen LogP contribution in [0, 0.1) is 0 Å². The Morgan fingerprint density at radius 1 is 0.611 bits per heavy atom. The minimum atomic E-state index is 0. The number of aromatic amines is 4. The van der Waals surface area contributed by atoms with E-state index in [9.17, 15) is 0 Å². The first kappa shape index (κ1) is 44.1. The van der Waals surface area contributed by atoms with Gasteiger partial charge in [-0.2, -0.15) is 10.2 Å². The summed E-state index contributed by atoms with van der Waals surface area (Å²) >= 11 is 0. The zero-order chi connectivity index (χ0) is 6.81. The van der Waals surface area contributed by atoms with E-state index < -0.39 is 0 Å². The van der Waals surface area contributed by atoms with Gasteiger partial charge >= 0.3 is 20.2 Å². The molecular weight excluding hydrogens is 260 g/mol. The van der Waals surface area contributed by atoms with Crippen LogP contribution < -0.4 is 38.4 Å². The summed E-state index contributed by atoms with van der Waals surface area (Å²) in [6, 6.07) is 0. The summed E-state index contributed by atoms with van der Waals surface area (Å²) in [6.45, 7) is 0. The SMILES string of the molecule is [Be+2].[Be+2].[F-].[F-].[F-].[F-].[F-].[F-].c1[nH][nH+]cc1-c1c[nH][nH+]c1. The molecule has 12 heteroatoms. The summed E-state index contributed by atoms with van der Waals surface area (Å²) in [5.41, 5.74) is 2.27. The number of halogens is 6. The van der Waals surface area contributed by atoms with Crippen molar-refractivity contribution < 1.29 is 38.4 Å². The molecule has 0 saturated carbocycles. The van der Waals surface area contributed by atoms with E-state index in [1.807, 2.05) is 24.8 Å². The number of hydrogen-bond acceptors (Lipinski definition) is 0. The van der Waals surface area contributed by atoms with Gasteiger partial charge in [-0.25, -0.2) is 0 Å². The number of nitrogens with one attached hydrogen (secondary N) is 4. The molecule has 0 spiro atoms. The largest absolute Gasteiger partial charge is 2.00 e. The Labute approximate surface area is 106 Å². The van der Waals surface area contributed by atoms with Gasteiger partial charge in [0, 0.05) is 0 Å². The molecule has 2 rings (SSSR count). The second-order valence-electron chi connectivity index (χ2n) is 2.07. The second-order valence-corrected chi connectivity index (χ2v) is 2.07. The van der Waals surface area contributed by atoms with E-state index in [2.05, 4.69) is 20.4 Å². The third kappa shape index (κ3) is 9.56. The fourth-order valence-electron chi connectivity index (χ4n) is 0.894. The van der Waals surface area contributed by atoms with Gasteiger partial charge in [-0.05, 0) is 0 Å². The van der Waals surface area contributed by atoms with Crippen molar-refractivity contribution in [1.29, 1.82) is 0 Å². The molecule has 0 aliphatic heterocycles. The third-order valence-electron chi connectivity index (χ3n) is 1.41. The molecule has 2 aromatic heterocycles. The monoisotopic (exact) mass is 268 g/mol. The predicted octanol–water partition coefficient (Wildman–Crippen LogP) is -19.1. The molecule has 0 atom stereocenters. The van der Waals surface area contributed by atoms with Crippen molar-refractivity contribution in [3.8, 4) is 11.1 Å². The van der Waals surface area contributed by atoms with Crippen LogP contribution in [-0.4, -0.2) is 30.4 Å². The summed E-state index contributed by atoms with van der Waals surface area (Å²) in [6.07, 6.45) is 7.60. The molecule has 0 aliphatic carbocycles. The van der Waals surface area contributed by atoms with E-state index in [1.165, 1.54) is 0 Å². The first-order valence-electron chi connectivity index (χ1n) is 3.06. The fraction of sp³-hybridized carbons (Fsp3) is 0. The van der Waals surface area contributed by atoms with Crippen LogP contribution in [0.2, 0.25) is 0 Å². The Morgan fingerprint density at radius 3 is 1.06 bits per heavy atom. The normalized spacial score (nSPS) is 5.56. The number of hydrogen-bond donors (Lipinski definition) is 2. The summed E-state index contributed by atoms with van der Waals surface area (Å²) in [4.78, 5) is 0. The van der Waals surface area contributed by atoms with Crippen LogP contribution in [0.25, 0.3) is 11.1 Å². The van der Waals surface area contributed by atoms with E-state index in [1.54, 1.807) is 0 Å². The average molecular weight is 268 g/mol. The molecule has 0 saturated heterocycles. The molecule has 2 aromatic rings. The quantitative estimate of drug-likeness (QED) is 0.381. The van der Waals surface area contributed by atoms with E-state index in [4.69, 9.17) is 0 Å². The van der Waals surface area contributed by atoms with Crippen LogP contribution in [0.5, 0.6) is 0 Å². The van der Waals surface area contributed by atoms with Crippen molar-refractivity contribution in [2.45, 2.75) is 0 Å². The van der Waals surface area contributed by atoms with Crippen molar-refractivity contribution in [2.75, 3.05) is 0 Å². The Balaban J connectivity index is -0.0000000302. The van der Waals surface area contributed by atoms with Crippen LogP contribution >= 0.6 is 0 Å². The topological polar surface area (TPSA) is 59.9 Å². The van der Waals surface area contributed by atoms with E-state index in [0.717, 1.165) is 11.1 Å². The molecule has 0 aliphatic rings. The molecule has 98 valence electrons. The van der Waals surface area contributed by atoms with Gasteiger partial charge in [0.2, 0.25) is 12.4 Å². The van der Waals surface area contributed by atoms with Crippen molar-refractivity contribution in [1.82, 2.24) is 10.2 Å². The molecule has 0 fully saturated rings. The summed E-state index contributed by atoms with van der Waals surface area (Å²) < 4.78 is 0. The summed E-state index contributed by atoms with van der Waals surface area (Å²) in [7, 11) is 0. The molecule has 18 heavy (non-hydrogen) atoms. The van der Waals surface area contributed by atoms with Crippen molar-refractivity contribution in [2.24, 2.45) is 0 Å². The Hall–Kier alpha value is -1.66. The Morgan fingerprint density at radius 2 is 0.889 bits per heavy atom.